The van der Waals surface area contributed by atoms with Gasteiger partial charge in [-0.1, -0.05) is 77.6 Å². The molecule has 0 fully saturated rings. The van der Waals surface area contributed by atoms with Crippen molar-refractivity contribution in [2.75, 3.05) is 6.61 Å². The maximum absolute atomic E-state index is 13.7. The summed E-state index contributed by atoms with van der Waals surface area (Å²) < 4.78 is 19.2. The van der Waals surface area contributed by atoms with E-state index in [1.165, 1.54) is 76.3 Å². The molecule has 2 nitrogen and oxygen atoms in total. The summed E-state index contributed by atoms with van der Waals surface area (Å²) in [6, 6.07) is 4.06. The summed E-state index contributed by atoms with van der Waals surface area (Å²) in [6.45, 7) is 2.75. The van der Waals surface area contributed by atoms with Crippen LogP contribution in [0.15, 0.2) is 18.2 Å². The zero-order valence-corrected chi connectivity index (χ0v) is 16.3. The zero-order chi connectivity index (χ0) is 18.3. The SMILES string of the molecule is CCCCCCCCCCCCCCOc1ccc(C(=O)Cl)cc1F. The minimum Gasteiger partial charge on any atom is -0.491 e. The molecule has 0 aliphatic rings. The Labute approximate surface area is 157 Å². The highest BCUT2D eigenvalue weighted by molar-refractivity contribution is 6.67. The molecule has 0 unspecified atom stereocenters. The molecular weight excluding hydrogens is 339 g/mol. The topological polar surface area (TPSA) is 26.3 Å². The summed E-state index contributed by atoms with van der Waals surface area (Å²) in [5.41, 5.74) is 0.150. The van der Waals surface area contributed by atoms with Crippen LogP contribution in [0.25, 0.3) is 0 Å². The molecule has 0 bridgehead atoms. The molecule has 25 heavy (non-hydrogen) atoms. The van der Waals surface area contributed by atoms with Gasteiger partial charge in [-0.2, -0.15) is 0 Å². The number of hydrogen-bond acceptors (Lipinski definition) is 2. The largest absolute Gasteiger partial charge is 0.491 e. The van der Waals surface area contributed by atoms with Gasteiger partial charge < -0.3 is 4.74 Å². The van der Waals surface area contributed by atoms with E-state index >= 15 is 0 Å². The van der Waals surface area contributed by atoms with Crippen molar-refractivity contribution in [2.24, 2.45) is 0 Å². The average Bonchev–Trinajstić information content (AvgIpc) is 2.60. The highest BCUT2D eigenvalue weighted by Gasteiger charge is 2.08. The number of ether oxygens (including phenoxy) is 1. The Morgan fingerprint density at radius 3 is 1.92 bits per heavy atom. The van der Waals surface area contributed by atoms with Gasteiger partial charge in [-0.3, -0.25) is 4.79 Å². The molecule has 0 aromatic heterocycles. The van der Waals surface area contributed by atoms with Gasteiger partial charge in [-0.05, 0) is 36.2 Å². The Hall–Kier alpha value is -1.09. The van der Waals surface area contributed by atoms with E-state index < -0.39 is 11.1 Å². The molecule has 0 saturated carbocycles. The van der Waals surface area contributed by atoms with Crippen LogP contribution in [0.3, 0.4) is 0 Å². The van der Waals surface area contributed by atoms with Crippen molar-refractivity contribution in [2.45, 2.75) is 84.0 Å². The van der Waals surface area contributed by atoms with E-state index in [4.69, 9.17) is 16.3 Å². The van der Waals surface area contributed by atoms with Gasteiger partial charge in [-0.25, -0.2) is 4.39 Å². The molecule has 0 aliphatic heterocycles. The average molecular weight is 371 g/mol. The van der Waals surface area contributed by atoms with Crippen molar-refractivity contribution in [3.8, 4) is 5.75 Å². The normalized spacial score (nSPS) is 10.8. The first-order valence-electron chi connectivity index (χ1n) is 9.77. The standard InChI is InChI=1S/C21H32ClFO2/c1-2-3-4-5-6-7-8-9-10-11-12-13-16-25-20-15-14-18(21(22)24)17-19(20)23/h14-15,17H,2-13,16H2,1H3. The number of benzene rings is 1. The van der Waals surface area contributed by atoms with Gasteiger partial charge >= 0.3 is 0 Å². The maximum Gasteiger partial charge on any atom is 0.252 e. The minimum absolute atomic E-state index is 0.150. The van der Waals surface area contributed by atoms with E-state index in [0.29, 0.717) is 6.61 Å². The maximum atomic E-state index is 13.7. The van der Waals surface area contributed by atoms with E-state index in [-0.39, 0.29) is 11.3 Å². The second kappa shape index (κ2) is 14.1. The molecule has 1 rings (SSSR count). The van der Waals surface area contributed by atoms with Crippen LogP contribution in [0.1, 0.15) is 94.3 Å². The smallest absolute Gasteiger partial charge is 0.252 e. The van der Waals surface area contributed by atoms with Crippen molar-refractivity contribution in [1.82, 2.24) is 0 Å². The predicted octanol–water partition coefficient (Wildman–Crippen LogP) is 7.28. The second-order valence-electron chi connectivity index (χ2n) is 6.66. The van der Waals surface area contributed by atoms with E-state index in [1.807, 2.05) is 0 Å². The molecular formula is C21H32ClFO2. The van der Waals surface area contributed by atoms with E-state index in [0.717, 1.165) is 18.9 Å². The number of hydrogen-bond donors (Lipinski definition) is 0. The highest BCUT2D eigenvalue weighted by atomic mass is 35.5. The van der Waals surface area contributed by atoms with Crippen LogP contribution in [-0.2, 0) is 0 Å². The molecule has 0 aliphatic carbocycles. The van der Waals surface area contributed by atoms with Crippen LogP contribution >= 0.6 is 11.6 Å². The van der Waals surface area contributed by atoms with Gasteiger partial charge in [0.1, 0.15) is 0 Å². The Bertz CT molecular complexity index is 491. The van der Waals surface area contributed by atoms with Gasteiger partial charge in [0, 0.05) is 5.56 Å². The molecule has 0 amide bonds. The molecule has 1 aromatic carbocycles. The van der Waals surface area contributed by atoms with Crippen LogP contribution in [-0.4, -0.2) is 11.8 Å². The first-order chi connectivity index (χ1) is 12.1. The molecule has 0 radical (unpaired) electrons. The number of carbonyl (C=O) groups is 1. The molecule has 0 atom stereocenters. The fourth-order valence-corrected chi connectivity index (χ4v) is 2.98. The van der Waals surface area contributed by atoms with E-state index in [9.17, 15) is 9.18 Å². The van der Waals surface area contributed by atoms with Gasteiger partial charge in [0.15, 0.2) is 11.6 Å². The first-order valence-corrected chi connectivity index (χ1v) is 10.1. The summed E-state index contributed by atoms with van der Waals surface area (Å²) in [4.78, 5) is 11.0. The number of carbonyl (C=O) groups excluding carboxylic acids is 1. The Kier molecular flexibility index (Phi) is 12.4. The number of unbranched alkanes of at least 4 members (excludes halogenated alkanes) is 11. The van der Waals surface area contributed by atoms with Crippen molar-refractivity contribution in [3.63, 3.8) is 0 Å². The molecule has 0 spiro atoms. The summed E-state index contributed by atoms with van der Waals surface area (Å²) in [5, 5.41) is -0.661. The van der Waals surface area contributed by atoms with E-state index in [2.05, 4.69) is 6.92 Å². The zero-order valence-electron chi connectivity index (χ0n) is 15.5. The Balaban J connectivity index is 1.96. The number of halogens is 2. The highest BCUT2D eigenvalue weighted by Crippen LogP contribution is 2.20. The summed E-state index contributed by atoms with van der Waals surface area (Å²) in [5.74, 6) is -0.352. The lowest BCUT2D eigenvalue weighted by atomic mass is 10.1. The van der Waals surface area contributed by atoms with Gasteiger partial charge in [0.25, 0.3) is 5.24 Å². The van der Waals surface area contributed by atoms with Crippen LogP contribution < -0.4 is 4.74 Å². The Morgan fingerprint density at radius 1 is 0.920 bits per heavy atom. The third-order valence-electron chi connectivity index (χ3n) is 4.41. The van der Waals surface area contributed by atoms with Crippen molar-refractivity contribution in [1.29, 1.82) is 0 Å². The molecule has 4 heteroatoms. The quantitative estimate of drug-likeness (QED) is 0.239. The van der Waals surface area contributed by atoms with Gasteiger partial charge in [-0.15, -0.1) is 0 Å². The predicted molar refractivity (Wildman–Crippen MR) is 103 cm³/mol. The van der Waals surface area contributed by atoms with Crippen LogP contribution in [0, 0.1) is 5.82 Å². The molecule has 142 valence electrons. The second-order valence-corrected chi connectivity index (χ2v) is 7.00. The summed E-state index contributed by atoms with van der Waals surface area (Å²) in [6.07, 6.45) is 15.4. The lowest BCUT2D eigenvalue weighted by molar-refractivity contribution is 0.108. The van der Waals surface area contributed by atoms with Crippen molar-refractivity contribution < 1.29 is 13.9 Å². The van der Waals surface area contributed by atoms with Gasteiger partial charge in [0.2, 0.25) is 0 Å². The lowest BCUT2D eigenvalue weighted by Gasteiger charge is -2.08. The number of rotatable bonds is 15. The lowest BCUT2D eigenvalue weighted by Crippen LogP contribution is -2.00. The molecule has 0 heterocycles. The van der Waals surface area contributed by atoms with Gasteiger partial charge in [0.05, 0.1) is 6.61 Å². The third kappa shape index (κ3) is 10.5. The van der Waals surface area contributed by atoms with Crippen LogP contribution in [0.5, 0.6) is 5.75 Å². The van der Waals surface area contributed by atoms with Crippen LogP contribution in [0.4, 0.5) is 4.39 Å². The minimum atomic E-state index is -0.661. The van der Waals surface area contributed by atoms with Crippen molar-refractivity contribution in [3.05, 3.63) is 29.6 Å². The fraction of sp³-hybridized carbons (Fsp3) is 0.667. The first kappa shape index (κ1) is 22.0. The fourth-order valence-electron chi connectivity index (χ4n) is 2.87. The monoisotopic (exact) mass is 370 g/mol. The molecule has 0 N–H and O–H groups in total. The summed E-state index contributed by atoms with van der Waals surface area (Å²) >= 11 is 5.32. The van der Waals surface area contributed by atoms with Crippen molar-refractivity contribution >= 4 is 16.8 Å². The Morgan fingerprint density at radius 2 is 1.44 bits per heavy atom. The third-order valence-corrected chi connectivity index (χ3v) is 4.63. The van der Waals surface area contributed by atoms with Crippen LogP contribution in [0.2, 0.25) is 0 Å². The summed E-state index contributed by atoms with van der Waals surface area (Å²) in [7, 11) is 0. The molecule has 0 saturated heterocycles. The van der Waals surface area contributed by atoms with E-state index in [1.54, 1.807) is 0 Å². The molecule has 1 aromatic rings.